The maximum absolute atomic E-state index is 11.7. The zero-order chi connectivity index (χ0) is 16.2. The van der Waals surface area contributed by atoms with Gasteiger partial charge in [-0.3, -0.25) is 15.0 Å². The van der Waals surface area contributed by atoms with Crippen LogP contribution in [0.1, 0.15) is 6.92 Å². The average molecular weight is 305 g/mol. The summed E-state index contributed by atoms with van der Waals surface area (Å²) in [5, 5.41) is 0. The molecule has 0 aliphatic heterocycles. The van der Waals surface area contributed by atoms with E-state index in [1.807, 2.05) is 30.3 Å². The van der Waals surface area contributed by atoms with E-state index in [-0.39, 0.29) is 11.5 Å². The van der Waals surface area contributed by atoms with Crippen LogP contribution in [0.2, 0.25) is 0 Å². The fraction of sp³-hybridized carbons (Fsp3) is 0.0556. The minimum absolute atomic E-state index is 0.322. The van der Waals surface area contributed by atoms with E-state index >= 15 is 0 Å². The molecule has 23 heavy (non-hydrogen) atoms. The molecular weight excluding hydrogens is 290 g/mol. The van der Waals surface area contributed by atoms with Gasteiger partial charge in [0.2, 0.25) is 5.91 Å². The van der Waals surface area contributed by atoms with Crippen molar-refractivity contribution in [3.05, 3.63) is 77.2 Å². The molecule has 1 N–H and O–H groups in total. The second kappa shape index (κ2) is 6.27. The van der Waals surface area contributed by atoms with Crippen molar-refractivity contribution in [2.24, 2.45) is 0 Å². The smallest absolute Gasteiger partial charge is 0.272 e. The largest absolute Gasteiger partial charge is 0.274 e. The molecule has 4 rings (SSSR count). The van der Waals surface area contributed by atoms with Crippen LogP contribution in [0.3, 0.4) is 0 Å². The van der Waals surface area contributed by atoms with Crippen LogP contribution in [-0.4, -0.2) is 15.6 Å². The summed E-state index contributed by atoms with van der Waals surface area (Å²) in [6, 6.07) is 19.0. The molecule has 0 saturated carbocycles. The van der Waals surface area contributed by atoms with Crippen LogP contribution in [0.5, 0.6) is 0 Å². The zero-order valence-corrected chi connectivity index (χ0v) is 12.6. The van der Waals surface area contributed by atoms with Gasteiger partial charge in [-0.05, 0) is 17.2 Å². The van der Waals surface area contributed by atoms with Crippen LogP contribution in [0, 0.1) is 0 Å². The molecule has 1 amide bonds. The summed E-state index contributed by atoms with van der Waals surface area (Å²) in [6.07, 6.45) is 1.42. The maximum Gasteiger partial charge on any atom is 0.272 e. The lowest BCUT2D eigenvalue weighted by molar-refractivity contribution is -0.115. The van der Waals surface area contributed by atoms with E-state index in [9.17, 15) is 9.59 Å². The first kappa shape index (κ1) is 14.7. The summed E-state index contributed by atoms with van der Waals surface area (Å²) >= 11 is 0. The van der Waals surface area contributed by atoms with Crippen LogP contribution in [0.25, 0.3) is 22.5 Å². The highest BCUT2D eigenvalue weighted by Crippen LogP contribution is 2.32. The molecule has 0 unspecified atom stereocenters. The number of nitrogens with one attached hydrogen (secondary N) is 1. The molecule has 114 valence electrons. The van der Waals surface area contributed by atoms with Gasteiger partial charge >= 0.3 is 0 Å². The van der Waals surface area contributed by atoms with Gasteiger partial charge in [-0.1, -0.05) is 48.5 Å². The van der Waals surface area contributed by atoms with Crippen LogP contribution in [-0.2, 0) is 4.79 Å². The molecular formula is C18H15N3O2. The topological polar surface area (TPSA) is 64.0 Å². The third-order valence-corrected chi connectivity index (χ3v) is 3.26. The molecule has 1 aromatic heterocycles. The van der Waals surface area contributed by atoms with Gasteiger partial charge < -0.3 is 0 Å². The molecule has 0 saturated heterocycles. The number of aromatic nitrogens is 2. The Morgan fingerprint density at radius 1 is 0.957 bits per heavy atom. The van der Waals surface area contributed by atoms with E-state index in [1.54, 1.807) is 0 Å². The molecule has 0 bridgehead atoms. The normalized spacial score (nSPS) is 10.3. The first-order valence-electron chi connectivity index (χ1n) is 7.16. The van der Waals surface area contributed by atoms with Crippen molar-refractivity contribution < 1.29 is 4.79 Å². The lowest BCUT2D eigenvalue weighted by Crippen LogP contribution is -2.33. The van der Waals surface area contributed by atoms with Gasteiger partial charge in [-0.25, -0.2) is 4.98 Å². The monoisotopic (exact) mass is 305 g/mol. The van der Waals surface area contributed by atoms with Crippen LogP contribution >= 0.6 is 0 Å². The van der Waals surface area contributed by atoms with Crippen molar-refractivity contribution >= 4 is 5.91 Å². The lowest BCUT2D eigenvalue weighted by atomic mass is 10.2. The number of benzene rings is 2. The maximum atomic E-state index is 11.7. The number of amides is 1. The Balaban J connectivity index is 0.000000213. The minimum atomic E-state index is -0.325. The highest BCUT2D eigenvalue weighted by Gasteiger charge is 2.08. The summed E-state index contributed by atoms with van der Waals surface area (Å²) < 4.78 is 1.14. The molecule has 0 spiro atoms. The highest BCUT2D eigenvalue weighted by atomic mass is 16.2. The zero-order valence-electron chi connectivity index (χ0n) is 12.6. The van der Waals surface area contributed by atoms with Crippen molar-refractivity contribution in [2.45, 2.75) is 6.92 Å². The van der Waals surface area contributed by atoms with Gasteiger partial charge in [0.1, 0.15) is 0 Å². The number of nitrogens with zero attached hydrogens (tertiary/aromatic N) is 2. The summed E-state index contributed by atoms with van der Waals surface area (Å²) in [5.41, 5.74) is 5.73. The third kappa shape index (κ3) is 3.52. The van der Waals surface area contributed by atoms with E-state index in [2.05, 4.69) is 34.7 Å². The Hall–Kier alpha value is -3.21. The number of fused-ring (bicyclic) bond motifs is 1. The Bertz CT molecular complexity index is 884. The molecule has 1 aromatic carbocycles. The van der Waals surface area contributed by atoms with Crippen LogP contribution in [0.15, 0.2) is 71.7 Å². The Kier molecular flexibility index (Phi) is 4.01. The van der Waals surface area contributed by atoms with Crippen LogP contribution in [0.4, 0.5) is 0 Å². The fourth-order valence-corrected chi connectivity index (χ4v) is 2.14. The van der Waals surface area contributed by atoms with E-state index < -0.39 is 0 Å². The second-order valence-corrected chi connectivity index (χ2v) is 5.06. The van der Waals surface area contributed by atoms with Crippen molar-refractivity contribution in [1.29, 1.82) is 0 Å². The fourth-order valence-electron chi connectivity index (χ4n) is 2.14. The molecule has 5 heteroatoms. The molecule has 1 heterocycles. The van der Waals surface area contributed by atoms with Gasteiger partial charge in [0, 0.05) is 24.8 Å². The predicted octanol–water partition coefficient (Wildman–Crippen LogP) is 2.67. The Morgan fingerprint density at radius 3 is 2.13 bits per heavy atom. The van der Waals surface area contributed by atoms with E-state index in [0.717, 1.165) is 10.2 Å². The number of hydrogen-bond donors (Lipinski definition) is 1. The molecule has 2 aromatic rings. The molecule has 5 nitrogen and oxygen atoms in total. The SMILES string of the molecule is CC(=O)Nn1c(-c2ccccc2)nccc1=O.c1cc2cc-2c1. The summed E-state index contributed by atoms with van der Waals surface area (Å²) in [7, 11) is 0. The van der Waals surface area contributed by atoms with Gasteiger partial charge in [0.05, 0.1) is 0 Å². The van der Waals surface area contributed by atoms with Crippen molar-refractivity contribution in [3.63, 3.8) is 0 Å². The Morgan fingerprint density at radius 2 is 1.61 bits per heavy atom. The first-order chi connectivity index (χ1) is 11.1. The van der Waals surface area contributed by atoms with Crippen molar-refractivity contribution in [1.82, 2.24) is 9.66 Å². The van der Waals surface area contributed by atoms with E-state index in [0.29, 0.717) is 5.82 Å². The summed E-state index contributed by atoms with van der Waals surface area (Å²) in [6.45, 7) is 1.34. The minimum Gasteiger partial charge on any atom is -0.274 e. The molecule has 0 radical (unpaired) electrons. The predicted molar refractivity (Wildman–Crippen MR) is 89.4 cm³/mol. The van der Waals surface area contributed by atoms with E-state index in [4.69, 9.17) is 0 Å². The van der Waals surface area contributed by atoms with Gasteiger partial charge in [0.15, 0.2) is 5.82 Å². The number of carbonyl (C=O) groups is 1. The van der Waals surface area contributed by atoms with Crippen molar-refractivity contribution in [2.75, 3.05) is 5.43 Å². The van der Waals surface area contributed by atoms with Crippen molar-refractivity contribution in [3.8, 4) is 22.5 Å². The number of hydrogen-bond acceptors (Lipinski definition) is 3. The van der Waals surface area contributed by atoms with E-state index in [1.165, 1.54) is 30.3 Å². The summed E-state index contributed by atoms with van der Waals surface area (Å²) in [4.78, 5) is 26.8. The first-order valence-corrected chi connectivity index (χ1v) is 7.16. The van der Waals surface area contributed by atoms with Crippen LogP contribution < -0.4 is 11.0 Å². The number of carbonyl (C=O) groups excluding carboxylic acids is 1. The standard InChI is InChI=1S/C12H11N3O2.C6H4/c1-9(16)14-15-11(17)7-8-13-12(15)10-5-3-2-4-6-10;1-2-5-4-6(5)3-1/h2-8H,1H3,(H,14,16);1-4H. The lowest BCUT2D eigenvalue weighted by Gasteiger charge is -2.10. The third-order valence-electron chi connectivity index (χ3n) is 3.26. The van der Waals surface area contributed by atoms with Gasteiger partial charge in [0.25, 0.3) is 5.56 Å². The molecule has 0 fully saturated rings. The molecule has 2 aliphatic carbocycles. The average Bonchev–Trinajstić information content (AvgIpc) is 3.16. The molecule has 0 atom stereocenters. The quantitative estimate of drug-likeness (QED) is 0.619. The van der Waals surface area contributed by atoms with Gasteiger partial charge in [-0.15, -0.1) is 0 Å². The van der Waals surface area contributed by atoms with Gasteiger partial charge in [-0.2, -0.15) is 4.68 Å². The highest BCUT2D eigenvalue weighted by molar-refractivity contribution is 5.81. The Labute approximate surface area is 133 Å². The molecule has 2 aliphatic rings. The second-order valence-electron chi connectivity index (χ2n) is 5.06. The number of rotatable bonds is 2. The summed E-state index contributed by atoms with van der Waals surface area (Å²) in [5.74, 6) is 0.0885.